The molecule has 21 heavy (non-hydrogen) atoms. The lowest BCUT2D eigenvalue weighted by Crippen LogP contribution is -2.36. The summed E-state index contributed by atoms with van der Waals surface area (Å²) in [6.07, 6.45) is 1.64. The van der Waals surface area contributed by atoms with Crippen LogP contribution in [-0.4, -0.2) is 22.3 Å². The number of halogens is 2. The Bertz CT molecular complexity index is 607. The lowest BCUT2D eigenvalue weighted by Gasteiger charge is -2.19. The maximum absolute atomic E-state index is 13.2. The summed E-state index contributed by atoms with van der Waals surface area (Å²) in [7, 11) is 0. The van der Waals surface area contributed by atoms with Crippen LogP contribution in [0.15, 0.2) is 27.1 Å². The second-order valence-corrected chi connectivity index (χ2v) is 6.76. The molecule has 0 saturated heterocycles. The van der Waals surface area contributed by atoms with Crippen LogP contribution in [0, 0.1) is 5.82 Å². The molecule has 0 unspecified atom stereocenters. The third-order valence-corrected chi connectivity index (χ3v) is 3.46. The summed E-state index contributed by atoms with van der Waals surface area (Å²) in [4.78, 5) is 0. The minimum Gasteiger partial charge on any atom is -0.421 e. The van der Waals surface area contributed by atoms with Gasteiger partial charge >= 0.3 is 0 Å². The Morgan fingerprint density at radius 3 is 2.71 bits per heavy atom. The highest BCUT2D eigenvalue weighted by Crippen LogP contribution is 2.24. The maximum atomic E-state index is 13.2. The van der Waals surface area contributed by atoms with Gasteiger partial charge in [0.1, 0.15) is 5.82 Å². The van der Waals surface area contributed by atoms with Gasteiger partial charge in [-0.25, -0.2) is 4.39 Å². The third-order valence-electron chi connectivity index (χ3n) is 2.86. The molecule has 0 fully saturated rings. The van der Waals surface area contributed by atoms with Crippen molar-refractivity contribution in [1.82, 2.24) is 15.5 Å². The number of aryl methyl sites for hydroxylation is 1. The van der Waals surface area contributed by atoms with E-state index >= 15 is 0 Å². The van der Waals surface area contributed by atoms with Crippen molar-refractivity contribution in [2.45, 2.75) is 39.2 Å². The van der Waals surface area contributed by atoms with E-state index in [0.29, 0.717) is 21.8 Å². The molecule has 1 heterocycles. The van der Waals surface area contributed by atoms with Gasteiger partial charge in [0.05, 0.1) is 4.47 Å². The van der Waals surface area contributed by atoms with Crippen LogP contribution in [0.25, 0.3) is 11.5 Å². The minimum absolute atomic E-state index is 0.111. The van der Waals surface area contributed by atoms with Crippen LogP contribution in [0.5, 0.6) is 0 Å². The molecule has 0 spiro atoms. The molecule has 0 saturated carbocycles. The van der Waals surface area contributed by atoms with Crippen LogP contribution in [0.1, 0.15) is 33.1 Å². The molecule has 0 bridgehead atoms. The van der Waals surface area contributed by atoms with Crippen LogP contribution in [0.4, 0.5) is 4.39 Å². The van der Waals surface area contributed by atoms with Gasteiger partial charge in [-0.15, -0.1) is 10.2 Å². The molecule has 0 aliphatic heterocycles. The van der Waals surface area contributed by atoms with E-state index in [1.807, 2.05) is 0 Å². The SMILES string of the molecule is CC(C)(C)NCCCc1nnc(-c2ccc(F)c(Br)c2)o1. The fourth-order valence-electron chi connectivity index (χ4n) is 1.80. The van der Waals surface area contributed by atoms with E-state index in [0.717, 1.165) is 19.4 Å². The zero-order valence-corrected chi connectivity index (χ0v) is 14.0. The lowest BCUT2D eigenvalue weighted by molar-refractivity contribution is 0.412. The van der Waals surface area contributed by atoms with E-state index in [1.54, 1.807) is 12.1 Å². The second kappa shape index (κ2) is 6.66. The molecular formula is C15H19BrFN3O. The Hall–Kier alpha value is -1.27. The Kier molecular flexibility index (Phi) is 5.11. The van der Waals surface area contributed by atoms with Crippen LogP contribution in [-0.2, 0) is 6.42 Å². The topological polar surface area (TPSA) is 51.0 Å². The van der Waals surface area contributed by atoms with Gasteiger partial charge in [-0.1, -0.05) is 0 Å². The van der Waals surface area contributed by atoms with E-state index in [9.17, 15) is 4.39 Å². The summed E-state index contributed by atoms with van der Waals surface area (Å²) in [5.41, 5.74) is 0.815. The highest BCUT2D eigenvalue weighted by molar-refractivity contribution is 9.10. The number of nitrogens with zero attached hydrogens (tertiary/aromatic N) is 2. The first kappa shape index (κ1) is 16.1. The molecule has 0 aliphatic rings. The number of benzene rings is 1. The molecule has 0 radical (unpaired) electrons. The monoisotopic (exact) mass is 355 g/mol. The zero-order chi connectivity index (χ0) is 15.5. The van der Waals surface area contributed by atoms with Gasteiger partial charge < -0.3 is 9.73 Å². The summed E-state index contributed by atoms with van der Waals surface area (Å²) in [6.45, 7) is 7.28. The van der Waals surface area contributed by atoms with E-state index in [1.165, 1.54) is 6.07 Å². The average molecular weight is 356 g/mol. The quantitative estimate of drug-likeness (QED) is 0.824. The van der Waals surface area contributed by atoms with Crippen molar-refractivity contribution in [1.29, 1.82) is 0 Å². The summed E-state index contributed by atoms with van der Waals surface area (Å²) in [5, 5.41) is 11.4. The van der Waals surface area contributed by atoms with Crippen LogP contribution >= 0.6 is 15.9 Å². The van der Waals surface area contributed by atoms with Crippen molar-refractivity contribution in [2.24, 2.45) is 0 Å². The molecular weight excluding hydrogens is 337 g/mol. The minimum atomic E-state index is -0.313. The molecule has 0 aliphatic carbocycles. The van der Waals surface area contributed by atoms with Crippen molar-refractivity contribution in [3.05, 3.63) is 34.4 Å². The van der Waals surface area contributed by atoms with Gasteiger partial charge in [0, 0.05) is 17.5 Å². The summed E-state index contributed by atoms with van der Waals surface area (Å²) >= 11 is 3.15. The van der Waals surface area contributed by atoms with Crippen molar-refractivity contribution >= 4 is 15.9 Å². The van der Waals surface area contributed by atoms with Crippen LogP contribution < -0.4 is 5.32 Å². The number of aromatic nitrogens is 2. The van der Waals surface area contributed by atoms with E-state index < -0.39 is 0 Å². The first-order valence-corrected chi connectivity index (χ1v) is 7.67. The molecule has 0 amide bonds. The molecule has 0 atom stereocenters. The number of rotatable bonds is 5. The van der Waals surface area contributed by atoms with Gasteiger partial charge in [0.25, 0.3) is 0 Å². The van der Waals surface area contributed by atoms with Crippen LogP contribution in [0.2, 0.25) is 0 Å². The van der Waals surface area contributed by atoms with Gasteiger partial charge in [-0.3, -0.25) is 0 Å². The van der Waals surface area contributed by atoms with Crippen molar-refractivity contribution < 1.29 is 8.81 Å². The van der Waals surface area contributed by atoms with E-state index in [2.05, 4.69) is 52.2 Å². The molecule has 2 aromatic rings. The summed E-state index contributed by atoms with van der Waals surface area (Å²) in [6, 6.07) is 4.63. The number of hydrogen-bond acceptors (Lipinski definition) is 4. The van der Waals surface area contributed by atoms with Gasteiger partial charge in [-0.2, -0.15) is 0 Å². The Morgan fingerprint density at radius 2 is 2.05 bits per heavy atom. The predicted octanol–water partition coefficient (Wildman–Crippen LogP) is 3.96. The molecule has 1 aromatic carbocycles. The fraction of sp³-hybridized carbons (Fsp3) is 0.467. The lowest BCUT2D eigenvalue weighted by atomic mass is 10.1. The number of hydrogen-bond donors (Lipinski definition) is 1. The van der Waals surface area contributed by atoms with Crippen molar-refractivity contribution in [2.75, 3.05) is 6.54 Å². The van der Waals surface area contributed by atoms with E-state index in [-0.39, 0.29) is 11.4 Å². The number of nitrogens with one attached hydrogen (secondary N) is 1. The average Bonchev–Trinajstić information content (AvgIpc) is 2.86. The molecule has 4 nitrogen and oxygen atoms in total. The zero-order valence-electron chi connectivity index (χ0n) is 12.4. The molecule has 2 rings (SSSR count). The highest BCUT2D eigenvalue weighted by Gasteiger charge is 2.11. The molecule has 1 N–H and O–H groups in total. The molecule has 1 aromatic heterocycles. The maximum Gasteiger partial charge on any atom is 0.247 e. The largest absolute Gasteiger partial charge is 0.421 e. The smallest absolute Gasteiger partial charge is 0.247 e. The highest BCUT2D eigenvalue weighted by atomic mass is 79.9. The predicted molar refractivity (Wildman–Crippen MR) is 83.5 cm³/mol. The van der Waals surface area contributed by atoms with Crippen LogP contribution in [0.3, 0.4) is 0 Å². The third kappa shape index (κ3) is 4.89. The second-order valence-electron chi connectivity index (χ2n) is 5.91. The first-order valence-electron chi connectivity index (χ1n) is 6.88. The Balaban J connectivity index is 1.93. The van der Waals surface area contributed by atoms with E-state index in [4.69, 9.17) is 4.42 Å². The Labute approximate surface area is 132 Å². The van der Waals surface area contributed by atoms with Crippen molar-refractivity contribution in [3.8, 4) is 11.5 Å². The fourth-order valence-corrected chi connectivity index (χ4v) is 2.18. The molecule has 114 valence electrons. The summed E-state index contributed by atoms with van der Waals surface area (Å²) in [5.74, 6) is 0.697. The van der Waals surface area contributed by atoms with Crippen molar-refractivity contribution in [3.63, 3.8) is 0 Å². The standard InChI is InChI=1S/C15H19BrFN3O/c1-15(2,3)18-8-4-5-13-19-20-14(21-13)10-6-7-12(17)11(16)9-10/h6-7,9,18H,4-5,8H2,1-3H3. The molecule has 6 heteroatoms. The Morgan fingerprint density at radius 1 is 1.29 bits per heavy atom. The first-order chi connectivity index (χ1) is 9.85. The van der Waals surface area contributed by atoms with Gasteiger partial charge in [0.2, 0.25) is 11.8 Å². The van der Waals surface area contributed by atoms with Gasteiger partial charge in [-0.05, 0) is 67.9 Å². The normalized spacial score (nSPS) is 11.9. The summed E-state index contributed by atoms with van der Waals surface area (Å²) < 4.78 is 19.2. The van der Waals surface area contributed by atoms with Gasteiger partial charge in [0.15, 0.2) is 0 Å².